The monoisotopic (exact) mass is 234 g/mol. The quantitative estimate of drug-likeness (QED) is 0.725. The Morgan fingerprint density at radius 2 is 1.88 bits per heavy atom. The Morgan fingerprint density at radius 1 is 1.19 bits per heavy atom. The number of carbonyl (C=O) groups excluding carboxylic acids is 1. The van der Waals surface area contributed by atoms with E-state index in [0.717, 1.165) is 5.56 Å². The Balaban J connectivity index is 2.10. The number of carbonyl (C=O) groups is 1. The van der Waals surface area contributed by atoms with Crippen molar-refractivity contribution < 1.29 is 4.79 Å². The predicted molar refractivity (Wildman–Crippen MR) is 69.2 cm³/mol. The number of benzene rings is 1. The van der Waals surface area contributed by atoms with Crippen LogP contribution in [0.1, 0.15) is 49.4 Å². The lowest BCUT2D eigenvalue weighted by atomic mass is 10.0. The fraction of sp³-hybridized carbons (Fsp3) is 0.500. The fourth-order valence-corrected chi connectivity index (χ4v) is 3.65. The summed E-state index contributed by atoms with van der Waals surface area (Å²) in [6, 6.07) is 7.99. The van der Waals surface area contributed by atoms with E-state index in [0.29, 0.717) is 5.25 Å². The Kier molecular flexibility index (Phi) is 4.05. The maximum Gasteiger partial charge on any atom is 0.160 e. The summed E-state index contributed by atoms with van der Waals surface area (Å²) < 4.78 is 0. The molecule has 0 aromatic heterocycles. The minimum atomic E-state index is 0.180. The molecule has 1 nitrogen and oxygen atoms in total. The summed E-state index contributed by atoms with van der Waals surface area (Å²) >= 11 is 1.90. The number of rotatable bonds is 3. The molecule has 0 N–H and O–H groups in total. The minimum absolute atomic E-state index is 0.180. The van der Waals surface area contributed by atoms with Gasteiger partial charge in [-0.3, -0.25) is 4.79 Å². The first-order valence-electron chi connectivity index (χ1n) is 6.04. The average molecular weight is 234 g/mol. The highest BCUT2D eigenvalue weighted by Gasteiger charge is 2.16. The van der Waals surface area contributed by atoms with Crippen LogP contribution in [0.3, 0.4) is 0 Å². The van der Waals surface area contributed by atoms with Gasteiger partial charge in [-0.2, -0.15) is 0 Å². The minimum Gasteiger partial charge on any atom is -0.294 e. The Bertz CT molecular complexity index is 367. The summed E-state index contributed by atoms with van der Waals surface area (Å²) in [6.45, 7) is 1.65. The third-order valence-electron chi connectivity index (χ3n) is 3.11. The van der Waals surface area contributed by atoms with Crippen molar-refractivity contribution in [2.75, 3.05) is 0 Å². The fourth-order valence-electron chi connectivity index (χ4n) is 2.22. The second-order valence-electron chi connectivity index (χ2n) is 4.43. The zero-order chi connectivity index (χ0) is 11.4. The van der Waals surface area contributed by atoms with Gasteiger partial charge in [-0.25, -0.2) is 0 Å². The van der Waals surface area contributed by atoms with Crippen LogP contribution in [0.25, 0.3) is 0 Å². The summed E-state index contributed by atoms with van der Waals surface area (Å²) in [5.74, 6) is 0.180. The molecule has 0 atom stereocenters. The van der Waals surface area contributed by atoms with Crippen molar-refractivity contribution in [2.45, 2.75) is 49.2 Å². The van der Waals surface area contributed by atoms with Crippen LogP contribution in [0.4, 0.5) is 0 Å². The van der Waals surface area contributed by atoms with Gasteiger partial charge in [0.25, 0.3) is 0 Å². The number of Topliss-reactive ketones (excluding diaryl/α,β-unsaturated/α-hetero) is 1. The van der Waals surface area contributed by atoms with Crippen molar-refractivity contribution in [3.8, 4) is 0 Å². The lowest BCUT2D eigenvalue weighted by Gasteiger charge is -2.21. The molecule has 0 radical (unpaired) electrons. The van der Waals surface area contributed by atoms with Crippen LogP contribution < -0.4 is 0 Å². The van der Waals surface area contributed by atoms with Gasteiger partial charge in [0.2, 0.25) is 0 Å². The molecule has 0 spiro atoms. The highest BCUT2D eigenvalue weighted by Crippen LogP contribution is 2.35. The van der Waals surface area contributed by atoms with Gasteiger partial charge in [0.05, 0.1) is 0 Å². The number of ketones is 1. The van der Waals surface area contributed by atoms with Crippen molar-refractivity contribution in [3.63, 3.8) is 0 Å². The molecule has 0 aliphatic heterocycles. The molecule has 1 aliphatic rings. The number of hydrogen-bond donors (Lipinski definition) is 0. The molecule has 86 valence electrons. The van der Waals surface area contributed by atoms with E-state index in [4.69, 9.17) is 0 Å². The molecule has 0 unspecified atom stereocenters. The van der Waals surface area contributed by atoms with Crippen LogP contribution in [-0.2, 0) is 0 Å². The van der Waals surface area contributed by atoms with Crippen LogP contribution in [0.15, 0.2) is 29.2 Å². The molecule has 1 fully saturated rings. The molecule has 2 heteroatoms. The SMILES string of the molecule is CC(=O)c1ccccc1SC1CCCCC1. The van der Waals surface area contributed by atoms with Gasteiger partial charge in [-0.1, -0.05) is 37.5 Å². The number of hydrogen-bond acceptors (Lipinski definition) is 2. The van der Waals surface area contributed by atoms with Gasteiger partial charge in [-0.05, 0) is 25.8 Å². The van der Waals surface area contributed by atoms with E-state index < -0.39 is 0 Å². The van der Waals surface area contributed by atoms with Crippen molar-refractivity contribution in [1.29, 1.82) is 0 Å². The van der Waals surface area contributed by atoms with Gasteiger partial charge < -0.3 is 0 Å². The van der Waals surface area contributed by atoms with Crippen molar-refractivity contribution >= 4 is 17.5 Å². The van der Waals surface area contributed by atoms with Gasteiger partial charge in [0.1, 0.15) is 0 Å². The average Bonchev–Trinajstić information content (AvgIpc) is 2.31. The summed E-state index contributed by atoms with van der Waals surface area (Å²) in [7, 11) is 0. The predicted octanol–water partition coefficient (Wildman–Crippen LogP) is 4.31. The van der Waals surface area contributed by atoms with Crippen LogP contribution in [0.2, 0.25) is 0 Å². The largest absolute Gasteiger partial charge is 0.294 e. The molecule has 2 rings (SSSR count). The lowest BCUT2D eigenvalue weighted by molar-refractivity contribution is 0.101. The van der Waals surface area contributed by atoms with E-state index in [1.54, 1.807) is 6.92 Å². The topological polar surface area (TPSA) is 17.1 Å². The maximum atomic E-state index is 11.5. The van der Waals surface area contributed by atoms with E-state index in [2.05, 4.69) is 6.07 Å². The highest BCUT2D eigenvalue weighted by molar-refractivity contribution is 8.00. The van der Waals surface area contributed by atoms with Crippen LogP contribution in [0.5, 0.6) is 0 Å². The molecule has 1 aromatic rings. The second kappa shape index (κ2) is 5.53. The summed E-state index contributed by atoms with van der Waals surface area (Å²) in [5.41, 5.74) is 0.887. The van der Waals surface area contributed by atoms with E-state index in [-0.39, 0.29) is 5.78 Å². The maximum absolute atomic E-state index is 11.5. The van der Waals surface area contributed by atoms with Crippen LogP contribution >= 0.6 is 11.8 Å². The molecule has 1 aliphatic carbocycles. The summed E-state index contributed by atoms with van der Waals surface area (Å²) in [4.78, 5) is 12.7. The van der Waals surface area contributed by atoms with Crippen molar-refractivity contribution in [3.05, 3.63) is 29.8 Å². The highest BCUT2D eigenvalue weighted by atomic mass is 32.2. The van der Waals surface area contributed by atoms with Gasteiger partial charge in [0.15, 0.2) is 5.78 Å². The van der Waals surface area contributed by atoms with Gasteiger partial charge in [-0.15, -0.1) is 11.8 Å². The van der Waals surface area contributed by atoms with E-state index in [1.165, 1.54) is 37.0 Å². The molecule has 0 saturated heterocycles. The molecular weight excluding hydrogens is 216 g/mol. The third-order valence-corrected chi connectivity index (χ3v) is 4.53. The number of thioether (sulfide) groups is 1. The Labute approximate surface area is 102 Å². The molecule has 1 aromatic carbocycles. The van der Waals surface area contributed by atoms with E-state index in [1.807, 2.05) is 30.0 Å². The zero-order valence-electron chi connectivity index (χ0n) is 9.74. The Hall–Kier alpha value is -0.760. The standard InChI is InChI=1S/C14H18OS/c1-11(15)13-9-5-6-10-14(13)16-12-7-3-2-4-8-12/h5-6,9-10,12H,2-4,7-8H2,1H3. The molecule has 1 saturated carbocycles. The molecule has 0 bridgehead atoms. The zero-order valence-corrected chi connectivity index (χ0v) is 10.6. The summed E-state index contributed by atoms with van der Waals surface area (Å²) in [5, 5.41) is 0.717. The van der Waals surface area contributed by atoms with Crippen LogP contribution in [0, 0.1) is 0 Å². The van der Waals surface area contributed by atoms with E-state index in [9.17, 15) is 4.79 Å². The molecule has 16 heavy (non-hydrogen) atoms. The van der Waals surface area contributed by atoms with Crippen molar-refractivity contribution in [2.24, 2.45) is 0 Å². The molecular formula is C14H18OS. The van der Waals surface area contributed by atoms with Gasteiger partial charge >= 0.3 is 0 Å². The smallest absolute Gasteiger partial charge is 0.160 e. The summed E-state index contributed by atoms with van der Waals surface area (Å²) in [6.07, 6.45) is 6.68. The van der Waals surface area contributed by atoms with E-state index >= 15 is 0 Å². The second-order valence-corrected chi connectivity index (χ2v) is 5.77. The Morgan fingerprint density at radius 3 is 2.56 bits per heavy atom. The first kappa shape index (κ1) is 11.7. The van der Waals surface area contributed by atoms with Gasteiger partial charge in [0, 0.05) is 15.7 Å². The first-order chi connectivity index (χ1) is 7.77. The molecule has 0 amide bonds. The van der Waals surface area contributed by atoms with Crippen molar-refractivity contribution in [1.82, 2.24) is 0 Å². The first-order valence-corrected chi connectivity index (χ1v) is 6.92. The molecule has 0 heterocycles. The van der Waals surface area contributed by atoms with Crippen LogP contribution in [-0.4, -0.2) is 11.0 Å². The third kappa shape index (κ3) is 2.88. The normalized spacial score (nSPS) is 17.3. The lowest BCUT2D eigenvalue weighted by Crippen LogP contribution is -2.08.